The second-order valence-electron chi connectivity index (χ2n) is 6.19. The second kappa shape index (κ2) is 6.67. The molecule has 0 aromatic heterocycles. The predicted octanol–water partition coefficient (Wildman–Crippen LogP) is 1.58. The molecule has 0 radical (unpaired) electrons. The SMILES string of the molecule is COC[C@]12COC[C@H]1CN(C(=O)CCOc1ccccc1)C2. The van der Waals surface area contributed by atoms with Crippen LogP contribution in [-0.4, -0.2) is 57.4 Å². The van der Waals surface area contributed by atoms with Crippen molar-refractivity contribution >= 4 is 5.91 Å². The van der Waals surface area contributed by atoms with Crippen molar-refractivity contribution in [3.05, 3.63) is 30.3 Å². The lowest BCUT2D eigenvalue weighted by molar-refractivity contribution is -0.131. The summed E-state index contributed by atoms with van der Waals surface area (Å²) in [6, 6.07) is 9.59. The zero-order valence-electron chi connectivity index (χ0n) is 13.0. The van der Waals surface area contributed by atoms with E-state index in [4.69, 9.17) is 14.2 Å². The van der Waals surface area contributed by atoms with Gasteiger partial charge in [0.1, 0.15) is 5.75 Å². The molecule has 22 heavy (non-hydrogen) atoms. The first-order chi connectivity index (χ1) is 10.7. The van der Waals surface area contributed by atoms with Gasteiger partial charge in [-0.25, -0.2) is 0 Å². The van der Waals surface area contributed by atoms with Gasteiger partial charge in [-0.1, -0.05) is 18.2 Å². The van der Waals surface area contributed by atoms with E-state index in [1.807, 2.05) is 35.2 Å². The number of nitrogens with zero attached hydrogens (tertiary/aromatic N) is 1. The number of rotatable bonds is 6. The molecule has 1 aromatic carbocycles. The average molecular weight is 305 g/mol. The molecule has 0 bridgehead atoms. The number of carbonyl (C=O) groups excluding carboxylic acids is 1. The number of ether oxygens (including phenoxy) is 3. The Balaban J connectivity index is 1.49. The Bertz CT molecular complexity index is 507. The normalized spacial score (nSPS) is 27.0. The van der Waals surface area contributed by atoms with E-state index in [9.17, 15) is 4.79 Å². The smallest absolute Gasteiger partial charge is 0.226 e. The molecule has 2 heterocycles. The van der Waals surface area contributed by atoms with Gasteiger partial charge in [-0.2, -0.15) is 0 Å². The fourth-order valence-corrected chi connectivity index (χ4v) is 3.44. The summed E-state index contributed by atoms with van der Waals surface area (Å²) in [6.45, 7) is 3.99. The van der Waals surface area contributed by atoms with Crippen molar-refractivity contribution in [3.8, 4) is 5.75 Å². The van der Waals surface area contributed by atoms with E-state index >= 15 is 0 Å². The standard InChI is InChI=1S/C17H23NO4/c1-20-12-17-11-18(9-14(17)10-21-13-17)16(19)7-8-22-15-5-3-2-4-6-15/h2-6,14H,7-13H2,1H3/t14-,17-/m1/s1. The van der Waals surface area contributed by atoms with Crippen LogP contribution >= 0.6 is 0 Å². The molecule has 0 aliphatic carbocycles. The molecule has 2 saturated heterocycles. The fraction of sp³-hybridized carbons (Fsp3) is 0.588. The maximum Gasteiger partial charge on any atom is 0.226 e. The topological polar surface area (TPSA) is 48.0 Å². The quantitative estimate of drug-likeness (QED) is 0.800. The number of amides is 1. The van der Waals surface area contributed by atoms with Crippen molar-refractivity contribution in [3.63, 3.8) is 0 Å². The first-order valence-corrected chi connectivity index (χ1v) is 7.76. The largest absolute Gasteiger partial charge is 0.493 e. The predicted molar refractivity (Wildman–Crippen MR) is 81.8 cm³/mol. The van der Waals surface area contributed by atoms with Crippen molar-refractivity contribution in [1.29, 1.82) is 0 Å². The summed E-state index contributed by atoms with van der Waals surface area (Å²) < 4.78 is 16.6. The molecule has 0 saturated carbocycles. The van der Waals surface area contributed by atoms with Crippen LogP contribution in [0.3, 0.4) is 0 Å². The molecule has 2 fully saturated rings. The van der Waals surface area contributed by atoms with Crippen molar-refractivity contribution in [2.24, 2.45) is 11.3 Å². The minimum absolute atomic E-state index is 0.00923. The molecular weight excluding hydrogens is 282 g/mol. The van der Waals surface area contributed by atoms with Crippen LogP contribution < -0.4 is 4.74 Å². The molecule has 3 rings (SSSR count). The van der Waals surface area contributed by atoms with Crippen LogP contribution in [0.1, 0.15) is 6.42 Å². The third-order valence-electron chi connectivity index (χ3n) is 4.63. The van der Waals surface area contributed by atoms with Crippen molar-refractivity contribution in [2.45, 2.75) is 6.42 Å². The number of hydrogen-bond acceptors (Lipinski definition) is 4. The number of likely N-dealkylation sites (tertiary alicyclic amines) is 1. The minimum atomic E-state index is -0.00923. The van der Waals surface area contributed by atoms with Crippen molar-refractivity contribution in [2.75, 3.05) is 46.6 Å². The Kier molecular flexibility index (Phi) is 4.64. The van der Waals surface area contributed by atoms with Gasteiger partial charge in [0.25, 0.3) is 0 Å². The number of carbonyl (C=O) groups is 1. The zero-order chi connectivity index (χ0) is 15.4. The van der Waals surface area contributed by atoms with Crippen molar-refractivity contribution < 1.29 is 19.0 Å². The Hall–Kier alpha value is -1.59. The first-order valence-electron chi connectivity index (χ1n) is 7.76. The second-order valence-corrected chi connectivity index (χ2v) is 6.19. The van der Waals surface area contributed by atoms with Gasteiger partial charge in [0.2, 0.25) is 5.91 Å². The first kappa shape index (κ1) is 15.3. The molecule has 0 spiro atoms. The number of fused-ring (bicyclic) bond motifs is 1. The van der Waals surface area contributed by atoms with E-state index in [0.29, 0.717) is 32.2 Å². The molecule has 1 aromatic rings. The van der Waals surface area contributed by atoms with E-state index in [2.05, 4.69) is 0 Å². The Labute approximate surface area is 131 Å². The van der Waals surface area contributed by atoms with Gasteiger partial charge >= 0.3 is 0 Å². The molecule has 1 amide bonds. The maximum absolute atomic E-state index is 12.4. The van der Waals surface area contributed by atoms with Crippen LogP contribution in [0.4, 0.5) is 0 Å². The van der Waals surface area contributed by atoms with Gasteiger partial charge in [-0.05, 0) is 12.1 Å². The van der Waals surface area contributed by atoms with Crippen molar-refractivity contribution in [1.82, 2.24) is 4.90 Å². The molecule has 120 valence electrons. The zero-order valence-corrected chi connectivity index (χ0v) is 13.0. The van der Waals surface area contributed by atoms with Crippen LogP contribution in [0, 0.1) is 11.3 Å². The lowest BCUT2D eigenvalue weighted by Gasteiger charge is -2.26. The summed E-state index contributed by atoms with van der Waals surface area (Å²) in [7, 11) is 1.71. The lowest BCUT2D eigenvalue weighted by atomic mass is 9.82. The highest BCUT2D eigenvalue weighted by Crippen LogP contribution is 2.41. The van der Waals surface area contributed by atoms with Crippen LogP contribution in [-0.2, 0) is 14.3 Å². The van der Waals surface area contributed by atoms with E-state index in [-0.39, 0.29) is 11.3 Å². The fourth-order valence-electron chi connectivity index (χ4n) is 3.44. The highest BCUT2D eigenvalue weighted by atomic mass is 16.5. The van der Waals surface area contributed by atoms with E-state index in [1.54, 1.807) is 7.11 Å². The third kappa shape index (κ3) is 3.10. The lowest BCUT2D eigenvalue weighted by Crippen LogP contribution is -2.37. The van der Waals surface area contributed by atoms with E-state index in [0.717, 1.165) is 25.4 Å². The highest BCUT2D eigenvalue weighted by Gasteiger charge is 2.51. The van der Waals surface area contributed by atoms with E-state index < -0.39 is 0 Å². The van der Waals surface area contributed by atoms with Crippen LogP contribution in [0.15, 0.2) is 30.3 Å². The summed E-state index contributed by atoms with van der Waals surface area (Å²) >= 11 is 0. The van der Waals surface area contributed by atoms with Gasteiger partial charge in [-0.15, -0.1) is 0 Å². The van der Waals surface area contributed by atoms with Gasteiger partial charge < -0.3 is 19.1 Å². The summed E-state index contributed by atoms with van der Waals surface area (Å²) in [5.74, 6) is 1.35. The molecule has 5 heteroatoms. The monoisotopic (exact) mass is 305 g/mol. The van der Waals surface area contributed by atoms with Crippen LogP contribution in [0.2, 0.25) is 0 Å². The molecule has 0 N–H and O–H groups in total. The number of benzene rings is 1. The third-order valence-corrected chi connectivity index (χ3v) is 4.63. The molecule has 2 aliphatic heterocycles. The maximum atomic E-state index is 12.4. The molecule has 5 nitrogen and oxygen atoms in total. The molecule has 2 aliphatic rings. The molecular formula is C17H23NO4. The van der Waals surface area contributed by atoms with Gasteiger partial charge in [-0.3, -0.25) is 4.79 Å². The minimum Gasteiger partial charge on any atom is -0.493 e. The van der Waals surface area contributed by atoms with Crippen LogP contribution in [0.5, 0.6) is 5.75 Å². The summed E-state index contributed by atoms with van der Waals surface area (Å²) in [6.07, 6.45) is 0.408. The number of hydrogen-bond donors (Lipinski definition) is 0. The summed E-state index contributed by atoms with van der Waals surface area (Å²) in [4.78, 5) is 14.3. The summed E-state index contributed by atoms with van der Waals surface area (Å²) in [5, 5.41) is 0. The van der Waals surface area contributed by atoms with Crippen LogP contribution in [0.25, 0.3) is 0 Å². The average Bonchev–Trinajstić information content (AvgIpc) is 3.05. The summed E-state index contributed by atoms with van der Waals surface area (Å²) in [5.41, 5.74) is -0.00923. The Morgan fingerprint density at radius 1 is 1.41 bits per heavy atom. The number of para-hydroxylation sites is 1. The number of methoxy groups -OCH3 is 1. The van der Waals surface area contributed by atoms with Gasteiger partial charge in [0.05, 0.1) is 32.8 Å². The Morgan fingerprint density at radius 2 is 2.23 bits per heavy atom. The molecule has 2 atom stereocenters. The van der Waals surface area contributed by atoms with E-state index in [1.165, 1.54) is 0 Å². The highest BCUT2D eigenvalue weighted by molar-refractivity contribution is 5.76. The van der Waals surface area contributed by atoms with Gasteiger partial charge in [0.15, 0.2) is 0 Å². The molecule has 0 unspecified atom stereocenters. The van der Waals surface area contributed by atoms with Gasteiger partial charge in [0, 0.05) is 31.5 Å². The Morgan fingerprint density at radius 3 is 3.00 bits per heavy atom.